The van der Waals surface area contributed by atoms with Gasteiger partial charge in [-0.1, -0.05) is 24.8 Å². The molecular weight excluding hydrogens is 162 g/mol. The average molecular weight is 171 g/mol. The smallest absolute Gasteiger partial charge is 0.226 e. The van der Waals surface area contributed by atoms with Crippen molar-refractivity contribution >= 4 is 10.8 Å². The summed E-state index contributed by atoms with van der Waals surface area (Å²) in [4.78, 5) is 4.10. The minimum atomic E-state index is 0.605. The third-order valence-corrected chi connectivity index (χ3v) is 1.83. The lowest BCUT2D eigenvalue weighted by Gasteiger charge is -2.02. The molecule has 0 unspecified atom stereocenters. The Hall–Kier alpha value is -1.83. The zero-order valence-electron chi connectivity index (χ0n) is 7.10. The Bertz CT molecular complexity index is 432. The van der Waals surface area contributed by atoms with Crippen LogP contribution in [0.15, 0.2) is 49.4 Å². The van der Waals surface area contributed by atoms with Crippen LogP contribution in [0.2, 0.25) is 0 Å². The summed E-state index contributed by atoms with van der Waals surface area (Å²) in [7, 11) is 0. The van der Waals surface area contributed by atoms with E-state index in [2.05, 4.69) is 11.6 Å². The second-order valence-electron chi connectivity index (χ2n) is 2.62. The van der Waals surface area contributed by atoms with Crippen molar-refractivity contribution in [3.63, 3.8) is 0 Å². The molecule has 13 heavy (non-hydrogen) atoms. The molecule has 0 aliphatic rings. The fraction of sp³-hybridized carbons (Fsp3) is 0. The van der Waals surface area contributed by atoms with Gasteiger partial charge in [0.25, 0.3) is 0 Å². The molecule has 64 valence electrons. The molecule has 0 amide bonds. The summed E-state index contributed by atoms with van der Waals surface area (Å²) < 4.78 is 5.17. The summed E-state index contributed by atoms with van der Waals surface area (Å²) >= 11 is 0. The number of rotatable bonds is 2. The summed E-state index contributed by atoms with van der Waals surface area (Å²) in [5, 5.41) is 2.12. The van der Waals surface area contributed by atoms with Gasteiger partial charge in [-0.05, 0) is 17.5 Å². The minimum Gasteiger partial charge on any atom is -0.447 e. The van der Waals surface area contributed by atoms with Crippen molar-refractivity contribution < 1.29 is 4.74 Å². The van der Waals surface area contributed by atoms with E-state index in [0.717, 1.165) is 10.8 Å². The molecule has 1 heterocycles. The first kappa shape index (κ1) is 7.80. The van der Waals surface area contributed by atoms with Gasteiger partial charge in [-0.3, -0.25) is 0 Å². The van der Waals surface area contributed by atoms with E-state index in [1.165, 1.54) is 6.26 Å². The summed E-state index contributed by atoms with van der Waals surface area (Å²) in [6.45, 7) is 3.50. The molecule has 0 spiro atoms. The van der Waals surface area contributed by atoms with Gasteiger partial charge in [0, 0.05) is 11.6 Å². The predicted molar refractivity (Wildman–Crippen MR) is 52.6 cm³/mol. The van der Waals surface area contributed by atoms with E-state index in [1.54, 1.807) is 6.20 Å². The lowest BCUT2D eigenvalue weighted by Crippen LogP contribution is -1.86. The van der Waals surface area contributed by atoms with Crippen LogP contribution in [0.4, 0.5) is 0 Å². The van der Waals surface area contributed by atoms with Gasteiger partial charge in [-0.15, -0.1) is 0 Å². The lowest BCUT2D eigenvalue weighted by atomic mass is 10.2. The normalized spacial score (nSPS) is 9.85. The fourth-order valence-corrected chi connectivity index (χ4v) is 1.26. The number of hydrogen-bond acceptors (Lipinski definition) is 2. The Kier molecular flexibility index (Phi) is 1.96. The van der Waals surface area contributed by atoms with E-state index in [1.807, 2.05) is 30.3 Å². The van der Waals surface area contributed by atoms with Gasteiger partial charge in [0.1, 0.15) is 0 Å². The molecule has 0 saturated heterocycles. The highest BCUT2D eigenvalue weighted by Gasteiger charge is 1.99. The van der Waals surface area contributed by atoms with Gasteiger partial charge in [-0.25, -0.2) is 4.98 Å². The van der Waals surface area contributed by atoms with E-state index in [9.17, 15) is 0 Å². The quantitative estimate of drug-likeness (QED) is 0.648. The Morgan fingerprint density at radius 2 is 2.08 bits per heavy atom. The van der Waals surface area contributed by atoms with Crippen LogP contribution in [0.3, 0.4) is 0 Å². The van der Waals surface area contributed by atoms with E-state index in [-0.39, 0.29) is 0 Å². The van der Waals surface area contributed by atoms with E-state index in [4.69, 9.17) is 4.74 Å². The number of benzene rings is 1. The van der Waals surface area contributed by atoms with Crippen LogP contribution in [0.1, 0.15) is 0 Å². The molecule has 0 aliphatic carbocycles. The number of nitrogens with zero attached hydrogens (tertiary/aromatic N) is 1. The topological polar surface area (TPSA) is 22.1 Å². The highest BCUT2D eigenvalue weighted by molar-refractivity contribution is 5.86. The first-order valence-corrected chi connectivity index (χ1v) is 4.03. The fourth-order valence-electron chi connectivity index (χ4n) is 1.26. The van der Waals surface area contributed by atoms with E-state index >= 15 is 0 Å². The van der Waals surface area contributed by atoms with E-state index in [0.29, 0.717) is 5.88 Å². The highest BCUT2D eigenvalue weighted by Crippen LogP contribution is 2.22. The molecule has 0 bridgehead atoms. The van der Waals surface area contributed by atoms with Crippen molar-refractivity contribution in [1.82, 2.24) is 4.98 Å². The molecule has 1 aromatic heterocycles. The van der Waals surface area contributed by atoms with E-state index < -0.39 is 0 Å². The van der Waals surface area contributed by atoms with Gasteiger partial charge < -0.3 is 4.74 Å². The third kappa shape index (κ3) is 1.38. The number of aromatic nitrogens is 1. The van der Waals surface area contributed by atoms with Gasteiger partial charge in [-0.2, -0.15) is 0 Å². The molecule has 0 aliphatic heterocycles. The molecule has 2 rings (SSSR count). The van der Waals surface area contributed by atoms with Crippen LogP contribution in [0.5, 0.6) is 5.88 Å². The Balaban J connectivity index is 2.68. The molecule has 1 aromatic carbocycles. The molecule has 0 radical (unpaired) electrons. The maximum atomic E-state index is 5.17. The van der Waals surface area contributed by atoms with Crippen LogP contribution < -0.4 is 4.74 Å². The van der Waals surface area contributed by atoms with Crippen LogP contribution in [-0.4, -0.2) is 4.98 Å². The molecule has 0 N–H and O–H groups in total. The van der Waals surface area contributed by atoms with Crippen molar-refractivity contribution in [2.45, 2.75) is 0 Å². The summed E-state index contributed by atoms with van der Waals surface area (Å²) in [6, 6.07) is 9.89. The van der Waals surface area contributed by atoms with Crippen LogP contribution in [0.25, 0.3) is 10.8 Å². The SMILES string of the molecule is C=COc1nccc2ccccc12. The van der Waals surface area contributed by atoms with Crippen LogP contribution >= 0.6 is 0 Å². The van der Waals surface area contributed by atoms with Crippen molar-refractivity contribution in [3.05, 3.63) is 49.4 Å². The maximum absolute atomic E-state index is 5.17. The standard InChI is InChI=1S/C11H9NO/c1-2-13-11-10-6-4-3-5-9(10)7-8-12-11/h2-8H,1H2. The Morgan fingerprint density at radius 1 is 1.23 bits per heavy atom. The van der Waals surface area contributed by atoms with Gasteiger partial charge >= 0.3 is 0 Å². The zero-order valence-corrected chi connectivity index (χ0v) is 7.10. The number of fused-ring (bicyclic) bond motifs is 1. The Morgan fingerprint density at radius 3 is 2.92 bits per heavy atom. The number of ether oxygens (including phenoxy) is 1. The zero-order chi connectivity index (χ0) is 9.10. The predicted octanol–water partition coefficient (Wildman–Crippen LogP) is 2.76. The summed E-state index contributed by atoms with van der Waals surface area (Å²) in [5.41, 5.74) is 0. The van der Waals surface area contributed by atoms with Gasteiger partial charge in [0.15, 0.2) is 0 Å². The molecule has 0 atom stereocenters. The molecule has 2 heteroatoms. The highest BCUT2D eigenvalue weighted by atomic mass is 16.5. The lowest BCUT2D eigenvalue weighted by molar-refractivity contribution is 0.470. The van der Waals surface area contributed by atoms with Crippen LogP contribution in [0, 0.1) is 0 Å². The average Bonchev–Trinajstić information content (AvgIpc) is 2.19. The second kappa shape index (κ2) is 3.27. The summed E-state index contributed by atoms with van der Waals surface area (Å²) in [6.07, 6.45) is 3.11. The largest absolute Gasteiger partial charge is 0.447 e. The number of pyridine rings is 1. The van der Waals surface area contributed by atoms with Crippen molar-refractivity contribution in [1.29, 1.82) is 0 Å². The molecule has 0 fully saturated rings. The van der Waals surface area contributed by atoms with Crippen LogP contribution in [-0.2, 0) is 0 Å². The molecule has 2 aromatic rings. The summed E-state index contributed by atoms with van der Waals surface area (Å²) in [5.74, 6) is 0.605. The minimum absolute atomic E-state index is 0.605. The van der Waals surface area contributed by atoms with Crippen molar-refractivity contribution in [2.75, 3.05) is 0 Å². The maximum Gasteiger partial charge on any atom is 0.226 e. The number of hydrogen-bond donors (Lipinski definition) is 0. The second-order valence-corrected chi connectivity index (χ2v) is 2.62. The van der Waals surface area contributed by atoms with Gasteiger partial charge in [0.05, 0.1) is 6.26 Å². The monoisotopic (exact) mass is 171 g/mol. The van der Waals surface area contributed by atoms with Crippen molar-refractivity contribution in [2.24, 2.45) is 0 Å². The molecule has 2 nitrogen and oxygen atoms in total. The van der Waals surface area contributed by atoms with Crippen molar-refractivity contribution in [3.8, 4) is 5.88 Å². The first-order chi connectivity index (χ1) is 6.42. The molecular formula is C11H9NO. The Labute approximate surface area is 76.5 Å². The first-order valence-electron chi connectivity index (χ1n) is 4.03. The molecule has 0 saturated carbocycles. The third-order valence-electron chi connectivity index (χ3n) is 1.83. The van der Waals surface area contributed by atoms with Gasteiger partial charge in [0.2, 0.25) is 5.88 Å².